The Hall–Kier alpha value is -3.35. The highest BCUT2D eigenvalue weighted by molar-refractivity contribution is 5.96. The van der Waals surface area contributed by atoms with E-state index in [1.165, 1.54) is 37.3 Å². The monoisotopic (exact) mass is 401 g/mol. The third-order valence-corrected chi connectivity index (χ3v) is 3.75. The molecular formula is C22H24FNO5. The van der Waals surface area contributed by atoms with Crippen molar-refractivity contribution >= 4 is 23.6 Å². The highest BCUT2D eigenvalue weighted by Crippen LogP contribution is 2.29. The van der Waals surface area contributed by atoms with Crippen molar-refractivity contribution in [3.05, 3.63) is 59.9 Å². The molecule has 154 valence electrons. The minimum absolute atomic E-state index is 0.408. The van der Waals surface area contributed by atoms with Crippen LogP contribution in [0.2, 0.25) is 0 Å². The highest BCUT2D eigenvalue weighted by Gasteiger charge is 2.16. The number of esters is 1. The topological polar surface area (TPSA) is 73.9 Å². The van der Waals surface area contributed by atoms with Gasteiger partial charge in [-0.3, -0.25) is 4.79 Å². The highest BCUT2D eigenvalue weighted by atomic mass is 19.1. The second kappa shape index (κ2) is 10.8. The van der Waals surface area contributed by atoms with Crippen molar-refractivity contribution in [2.24, 2.45) is 0 Å². The first-order valence-electron chi connectivity index (χ1n) is 9.27. The minimum atomic E-state index is -1.02. The van der Waals surface area contributed by atoms with Gasteiger partial charge in [0.1, 0.15) is 5.82 Å². The van der Waals surface area contributed by atoms with Gasteiger partial charge in [0, 0.05) is 11.8 Å². The van der Waals surface area contributed by atoms with Crippen LogP contribution in [0.15, 0.2) is 48.5 Å². The molecule has 0 unspecified atom stereocenters. The van der Waals surface area contributed by atoms with E-state index >= 15 is 0 Å². The number of carbonyl (C=O) groups excluding carboxylic acids is 2. The van der Waals surface area contributed by atoms with Gasteiger partial charge in [0.2, 0.25) is 0 Å². The zero-order chi connectivity index (χ0) is 21.2. The molecule has 0 radical (unpaired) electrons. The molecule has 0 fully saturated rings. The lowest BCUT2D eigenvalue weighted by Gasteiger charge is -2.12. The number of amides is 1. The van der Waals surface area contributed by atoms with E-state index in [2.05, 4.69) is 5.32 Å². The maximum absolute atomic E-state index is 12.9. The second-order valence-electron chi connectivity index (χ2n) is 5.98. The van der Waals surface area contributed by atoms with E-state index in [4.69, 9.17) is 14.2 Å². The van der Waals surface area contributed by atoms with Gasteiger partial charge in [-0.2, -0.15) is 0 Å². The summed E-state index contributed by atoms with van der Waals surface area (Å²) in [6, 6.07) is 10.6. The zero-order valence-corrected chi connectivity index (χ0v) is 16.6. The molecule has 29 heavy (non-hydrogen) atoms. The quantitative estimate of drug-likeness (QED) is 0.503. The summed E-state index contributed by atoms with van der Waals surface area (Å²) in [5.41, 5.74) is 1.13. The van der Waals surface area contributed by atoms with E-state index < -0.39 is 23.8 Å². The summed E-state index contributed by atoms with van der Waals surface area (Å²) >= 11 is 0. The molecule has 1 atom stereocenters. The normalized spacial score (nSPS) is 11.7. The van der Waals surface area contributed by atoms with Crippen molar-refractivity contribution < 1.29 is 28.2 Å². The van der Waals surface area contributed by atoms with Crippen LogP contribution < -0.4 is 14.8 Å². The number of hydrogen-bond donors (Lipinski definition) is 1. The molecule has 2 aromatic rings. The number of ether oxygens (including phenoxy) is 3. The van der Waals surface area contributed by atoms with Crippen molar-refractivity contribution in [3.63, 3.8) is 0 Å². The molecule has 0 bridgehead atoms. The molecular weight excluding hydrogens is 377 g/mol. The molecule has 2 aromatic carbocycles. The van der Waals surface area contributed by atoms with Crippen molar-refractivity contribution in [2.75, 3.05) is 18.5 Å². The molecule has 0 spiro atoms. The van der Waals surface area contributed by atoms with Gasteiger partial charge in [0.15, 0.2) is 17.6 Å². The summed E-state index contributed by atoms with van der Waals surface area (Å²) in [5, 5.41) is 2.55. The van der Waals surface area contributed by atoms with Crippen molar-refractivity contribution in [2.45, 2.75) is 26.9 Å². The Morgan fingerprint density at radius 1 is 1.03 bits per heavy atom. The van der Waals surface area contributed by atoms with Crippen LogP contribution in [0.1, 0.15) is 26.3 Å². The molecule has 0 saturated heterocycles. The molecule has 1 N–H and O–H groups in total. The predicted octanol–water partition coefficient (Wildman–Crippen LogP) is 4.21. The average molecular weight is 401 g/mol. The van der Waals surface area contributed by atoms with Gasteiger partial charge in [-0.25, -0.2) is 9.18 Å². The van der Waals surface area contributed by atoms with Crippen LogP contribution in [0.5, 0.6) is 11.5 Å². The number of nitrogens with one attached hydrogen (secondary N) is 1. The number of carbonyl (C=O) groups is 2. The number of benzene rings is 2. The van der Waals surface area contributed by atoms with Crippen molar-refractivity contribution in [1.29, 1.82) is 0 Å². The van der Waals surface area contributed by atoms with Crippen LogP contribution >= 0.6 is 0 Å². The maximum Gasteiger partial charge on any atom is 0.331 e. The molecule has 7 heteroatoms. The van der Waals surface area contributed by atoms with Crippen molar-refractivity contribution in [3.8, 4) is 11.5 Å². The maximum atomic E-state index is 12.9. The Kier molecular flexibility index (Phi) is 8.21. The minimum Gasteiger partial charge on any atom is -0.490 e. The predicted molar refractivity (Wildman–Crippen MR) is 108 cm³/mol. The smallest absolute Gasteiger partial charge is 0.331 e. The molecule has 6 nitrogen and oxygen atoms in total. The zero-order valence-electron chi connectivity index (χ0n) is 16.6. The summed E-state index contributed by atoms with van der Waals surface area (Å²) in [4.78, 5) is 24.1. The van der Waals surface area contributed by atoms with Gasteiger partial charge in [-0.05, 0) is 68.8 Å². The number of hydrogen-bond acceptors (Lipinski definition) is 5. The first-order valence-corrected chi connectivity index (χ1v) is 9.27. The molecule has 0 aliphatic carbocycles. The third-order valence-electron chi connectivity index (χ3n) is 3.75. The van der Waals surface area contributed by atoms with Crippen LogP contribution in [0.4, 0.5) is 10.1 Å². The van der Waals surface area contributed by atoms with E-state index in [1.54, 1.807) is 24.3 Å². The molecule has 2 rings (SSSR count). The Morgan fingerprint density at radius 2 is 1.69 bits per heavy atom. The third kappa shape index (κ3) is 6.95. The summed E-state index contributed by atoms with van der Waals surface area (Å²) < 4.78 is 29.0. The molecule has 0 aliphatic heterocycles. The van der Waals surface area contributed by atoms with Gasteiger partial charge >= 0.3 is 5.97 Å². The standard InChI is InChI=1S/C22H24FNO5/c1-4-27-19-12-6-16(14-20(19)28-5-2)7-13-21(25)29-15(3)22(26)24-18-10-8-17(23)9-11-18/h6-15H,4-5H2,1-3H3,(H,24,26)/b13-7+/t15-/m1/s1. The summed E-state index contributed by atoms with van der Waals surface area (Å²) in [7, 11) is 0. The largest absolute Gasteiger partial charge is 0.490 e. The lowest BCUT2D eigenvalue weighted by atomic mass is 10.2. The fourth-order valence-electron chi connectivity index (χ4n) is 2.38. The number of anilines is 1. The Balaban J connectivity index is 1.94. The Morgan fingerprint density at radius 3 is 2.34 bits per heavy atom. The van der Waals surface area contributed by atoms with Crippen LogP contribution in [0, 0.1) is 5.82 Å². The molecule has 1 amide bonds. The molecule has 0 aliphatic rings. The van der Waals surface area contributed by atoms with Gasteiger partial charge in [0.05, 0.1) is 13.2 Å². The lowest BCUT2D eigenvalue weighted by Crippen LogP contribution is -2.29. The second-order valence-corrected chi connectivity index (χ2v) is 5.98. The van der Waals surface area contributed by atoms with Crippen LogP contribution in [0.25, 0.3) is 6.08 Å². The fourth-order valence-corrected chi connectivity index (χ4v) is 2.38. The van der Waals surface area contributed by atoms with Gasteiger partial charge < -0.3 is 19.5 Å². The molecule has 0 heterocycles. The molecule has 0 aromatic heterocycles. The SMILES string of the molecule is CCOc1ccc(/C=C/C(=O)O[C@H](C)C(=O)Nc2ccc(F)cc2)cc1OCC. The van der Waals surface area contributed by atoms with E-state index in [9.17, 15) is 14.0 Å². The van der Waals surface area contributed by atoms with Crippen LogP contribution in [0.3, 0.4) is 0 Å². The van der Waals surface area contributed by atoms with Crippen molar-refractivity contribution in [1.82, 2.24) is 0 Å². The summed E-state index contributed by atoms with van der Waals surface area (Å²) in [5.74, 6) is -0.386. The van der Waals surface area contributed by atoms with Gasteiger partial charge in [-0.15, -0.1) is 0 Å². The van der Waals surface area contributed by atoms with Gasteiger partial charge in [0.25, 0.3) is 5.91 Å². The van der Waals surface area contributed by atoms with E-state index in [-0.39, 0.29) is 0 Å². The Bertz CT molecular complexity index is 864. The first-order chi connectivity index (χ1) is 13.9. The van der Waals surface area contributed by atoms with Crippen LogP contribution in [-0.2, 0) is 14.3 Å². The number of halogens is 1. The van der Waals surface area contributed by atoms with Crippen LogP contribution in [-0.4, -0.2) is 31.2 Å². The summed E-state index contributed by atoms with van der Waals surface area (Å²) in [6.07, 6.45) is 1.77. The first kappa shape index (κ1) is 21.9. The molecule has 0 saturated carbocycles. The van der Waals surface area contributed by atoms with E-state index in [1.807, 2.05) is 13.8 Å². The lowest BCUT2D eigenvalue weighted by molar-refractivity contribution is -0.148. The Labute approximate surface area is 169 Å². The fraction of sp³-hybridized carbons (Fsp3) is 0.273. The van der Waals surface area contributed by atoms with E-state index in [0.29, 0.717) is 30.4 Å². The van der Waals surface area contributed by atoms with E-state index in [0.717, 1.165) is 5.56 Å². The number of rotatable bonds is 9. The average Bonchev–Trinajstić information content (AvgIpc) is 2.70. The summed E-state index contributed by atoms with van der Waals surface area (Å²) in [6.45, 7) is 6.20. The van der Waals surface area contributed by atoms with Gasteiger partial charge in [-0.1, -0.05) is 6.07 Å².